The summed E-state index contributed by atoms with van der Waals surface area (Å²) in [4.78, 5) is 14.2. The van der Waals surface area contributed by atoms with Crippen LogP contribution in [0.3, 0.4) is 0 Å². The minimum absolute atomic E-state index is 0.129. The molecule has 16 heavy (non-hydrogen) atoms. The first-order valence-corrected chi connectivity index (χ1v) is 6.98. The van der Waals surface area contributed by atoms with Gasteiger partial charge in [0.2, 0.25) is 0 Å². The molecule has 0 radical (unpaired) electrons. The zero-order chi connectivity index (χ0) is 11.5. The Kier molecular flexibility index (Phi) is 3.64. The van der Waals surface area contributed by atoms with E-state index in [1.54, 1.807) is 11.3 Å². The van der Waals surface area contributed by atoms with Gasteiger partial charge >= 0.3 is 0 Å². The van der Waals surface area contributed by atoms with Crippen LogP contribution in [-0.2, 0) is 12.8 Å². The van der Waals surface area contributed by atoms with Crippen molar-refractivity contribution in [2.45, 2.75) is 52.0 Å². The van der Waals surface area contributed by atoms with E-state index < -0.39 is 0 Å². The maximum atomic E-state index is 11.9. The summed E-state index contributed by atoms with van der Waals surface area (Å²) >= 11 is 1.67. The largest absolute Gasteiger partial charge is 0.349 e. The van der Waals surface area contributed by atoms with E-state index in [2.05, 4.69) is 25.2 Å². The number of carbonyl (C=O) groups excluding carboxylic acids is 1. The van der Waals surface area contributed by atoms with Gasteiger partial charge in [-0.2, -0.15) is 0 Å². The third-order valence-corrected chi connectivity index (χ3v) is 4.13. The third kappa shape index (κ3) is 2.64. The fourth-order valence-electron chi connectivity index (χ4n) is 1.80. The highest BCUT2D eigenvalue weighted by atomic mass is 32.1. The maximum Gasteiger partial charge on any atom is 0.261 e. The van der Waals surface area contributed by atoms with Crippen LogP contribution in [0.4, 0.5) is 0 Å². The molecule has 0 unspecified atom stereocenters. The van der Waals surface area contributed by atoms with E-state index >= 15 is 0 Å². The van der Waals surface area contributed by atoms with Crippen LogP contribution in [0.15, 0.2) is 6.07 Å². The minimum Gasteiger partial charge on any atom is -0.349 e. The number of hydrogen-bond donors (Lipinski definition) is 1. The molecule has 2 nitrogen and oxygen atoms in total. The molecule has 3 heteroatoms. The summed E-state index contributed by atoms with van der Waals surface area (Å²) in [6.07, 6.45) is 5.59. The Morgan fingerprint density at radius 3 is 2.81 bits per heavy atom. The Labute approximate surface area is 101 Å². The molecular formula is C13H19NOS. The smallest absolute Gasteiger partial charge is 0.261 e. The number of aryl methyl sites for hydroxylation is 2. The highest BCUT2D eigenvalue weighted by Gasteiger charge is 2.24. The molecule has 2 rings (SSSR count). The van der Waals surface area contributed by atoms with Gasteiger partial charge < -0.3 is 5.32 Å². The maximum absolute atomic E-state index is 11.9. The first kappa shape index (κ1) is 11.6. The summed E-state index contributed by atoms with van der Waals surface area (Å²) in [5.41, 5.74) is 1.35. The molecule has 0 saturated heterocycles. The van der Waals surface area contributed by atoms with Crippen LogP contribution in [0.2, 0.25) is 0 Å². The first-order valence-electron chi connectivity index (χ1n) is 6.17. The second kappa shape index (κ2) is 5.00. The molecule has 1 aromatic rings. The quantitative estimate of drug-likeness (QED) is 0.837. The van der Waals surface area contributed by atoms with Crippen molar-refractivity contribution in [1.29, 1.82) is 0 Å². The van der Waals surface area contributed by atoms with Gasteiger partial charge in [-0.05, 0) is 37.3 Å². The molecule has 0 spiro atoms. The Morgan fingerprint density at radius 2 is 2.25 bits per heavy atom. The Hall–Kier alpha value is -0.830. The summed E-state index contributed by atoms with van der Waals surface area (Å²) in [5.74, 6) is 0.129. The van der Waals surface area contributed by atoms with Crippen LogP contribution in [0.25, 0.3) is 0 Å². The van der Waals surface area contributed by atoms with E-state index in [4.69, 9.17) is 0 Å². The Bertz CT molecular complexity index is 379. The van der Waals surface area contributed by atoms with Crippen molar-refractivity contribution in [2.75, 3.05) is 0 Å². The molecule has 0 atom stereocenters. The van der Waals surface area contributed by atoms with Crippen molar-refractivity contribution in [3.05, 3.63) is 21.4 Å². The van der Waals surface area contributed by atoms with Crippen LogP contribution in [-0.4, -0.2) is 11.9 Å². The molecule has 1 heterocycles. The lowest BCUT2D eigenvalue weighted by atomic mass is 10.1. The zero-order valence-electron chi connectivity index (χ0n) is 10.0. The van der Waals surface area contributed by atoms with Crippen LogP contribution >= 0.6 is 11.3 Å². The molecule has 88 valence electrons. The monoisotopic (exact) mass is 237 g/mol. The van der Waals surface area contributed by atoms with Crippen LogP contribution in [0, 0.1) is 0 Å². The normalized spacial score (nSPS) is 15.1. The molecule has 1 N–H and O–H groups in total. The van der Waals surface area contributed by atoms with Crippen molar-refractivity contribution < 1.29 is 4.79 Å². The van der Waals surface area contributed by atoms with E-state index in [9.17, 15) is 4.79 Å². The molecule has 1 aromatic heterocycles. The van der Waals surface area contributed by atoms with Crippen LogP contribution in [0.5, 0.6) is 0 Å². The summed E-state index contributed by atoms with van der Waals surface area (Å²) in [6.45, 7) is 4.34. The standard InChI is InChI=1S/C13H19NOS/c1-3-5-11-9(4-2)8-12(16-11)13(15)14-10-6-7-10/h8,10H,3-7H2,1-2H3,(H,14,15). The number of carbonyl (C=O) groups is 1. The van der Waals surface area contributed by atoms with Crippen LogP contribution < -0.4 is 5.32 Å². The van der Waals surface area contributed by atoms with Gasteiger partial charge in [0.05, 0.1) is 4.88 Å². The van der Waals surface area contributed by atoms with Gasteiger partial charge in [0.15, 0.2) is 0 Å². The van der Waals surface area contributed by atoms with Gasteiger partial charge in [-0.3, -0.25) is 4.79 Å². The predicted octanol–water partition coefficient (Wildman–Crippen LogP) is 3.16. The molecule has 1 aliphatic carbocycles. The minimum atomic E-state index is 0.129. The molecule has 0 aliphatic heterocycles. The highest BCUT2D eigenvalue weighted by molar-refractivity contribution is 7.14. The first-order chi connectivity index (χ1) is 7.74. The van der Waals surface area contributed by atoms with Crippen molar-refractivity contribution in [1.82, 2.24) is 5.32 Å². The highest BCUT2D eigenvalue weighted by Crippen LogP contribution is 2.26. The Morgan fingerprint density at radius 1 is 1.50 bits per heavy atom. The molecule has 0 bridgehead atoms. The van der Waals surface area contributed by atoms with Gasteiger partial charge in [-0.1, -0.05) is 20.3 Å². The van der Waals surface area contributed by atoms with Crippen molar-refractivity contribution in [3.63, 3.8) is 0 Å². The van der Waals surface area contributed by atoms with E-state index in [1.165, 1.54) is 10.4 Å². The topological polar surface area (TPSA) is 29.1 Å². The summed E-state index contributed by atoms with van der Waals surface area (Å²) < 4.78 is 0. The number of hydrogen-bond acceptors (Lipinski definition) is 2. The Balaban J connectivity index is 2.10. The van der Waals surface area contributed by atoms with Gasteiger partial charge in [-0.15, -0.1) is 11.3 Å². The second-order valence-electron chi connectivity index (χ2n) is 4.41. The van der Waals surface area contributed by atoms with Crippen LogP contribution in [0.1, 0.15) is 53.2 Å². The zero-order valence-corrected chi connectivity index (χ0v) is 10.8. The van der Waals surface area contributed by atoms with Gasteiger partial charge in [-0.25, -0.2) is 0 Å². The fourth-order valence-corrected chi connectivity index (χ4v) is 3.06. The average Bonchev–Trinajstić information content (AvgIpc) is 2.97. The fraction of sp³-hybridized carbons (Fsp3) is 0.615. The number of nitrogens with one attached hydrogen (secondary N) is 1. The molecule has 1 aliphatic rings. The summed E-state index contributed by atoms with van der Waals surface area (Å²) in [7, 11) is 0. The molecule has 0 aromatic carbocycles. The van der Waals surface area contributed by atoms with Gasteiger partial charge in [0.25, 0.3) is 5.91 Å². The van der Waals surface area contributed by atoms with Crippen molar-refractivity contribution >= 4 is 17.2 Å². The summed E-state index contributed by atoms with van der Waals surface area (Å²) in [6, 6.07) is 2.53. The van der Waals surface area contributed by atoms with E-state index in [1.807, 2.05) is 0 Å². The molecule has 1 fully saturated rings. The molecule has 1 amide bonds. The molecule has 1 saturated carbocycles. The SMILES string of the molecule is CCCc1sc(C(=O)NC2CC2)cc1CC. The van der Waals surface area contributed by atoms with E-state index in [-0.39, 0.29) is 5.91 Å². The number of thiophene rings is 1. The van der Waals surface area contributed by atoms with E-state index in [0.717, 1.165) is 37.0 Å². The lowest BCUT2D eigenvalue weighted by molar-refractivity contribution is 0.0955. The number of rotatable bonds is 5. The lowest BCUT2D eigenvalue weighted by Gasteiger charge is -1.98. The van der Waals surface area contributed by atoms with Crippen molar-refractivity contribution in [2.24, 2.45) is 0 Å². The third-order valence-electron chi connectivity index (χ3n) is 2.89. The average molecular weight is 237 g/mol. The van der Waals surface area contributed by atoms with E-state index in [0.29, 0.717) is 6.04 Å². The lowest BCUT2D eigenvalue weighted by Crippen LogP contribution is -2.24. The van der Waals surface area contributed by atoms with Crippen molar-refractivity contribution in [3.8, 4) is 0 Å². The summed E-state index contributed by atoms with van der Waals surface area (Å²) in [5, 5.41) is 3.05. The predicted molar refractivity (Wildman–Crippen MR) is 68.2 cm³/mol. The molecular weight excluding hydrogens is 218 g/mol. The second-order valence-corrected chi connectivity index (χ2v) is 5.55. The van der Waals surface area contributed by atoms with Gasteiger partial charge in [0.1, 0.15) is 0 Å². The number of amides is 1. The van der Waals surface area contributed by atoms with Gasteiger partial charge in [0, 0.05) is 10.9 Å².